The van der Waals surface area contributed by atoms with Gasteiger partial charge < -0.3 is 15.7 Å². The topological polar surface area (TPSA) is 61.4 Å². The van der Waals surface area contributed by atoms with Gasteiger partial charge in [0.25, 0.3) is 0 Å². The molecule has 3 N–H and O–H groups in total. The molecular weight excluding hydrogens is 271 g/mol. The molecular formula is C16H23FN2O2. The van der Waals surface area contributed by atoms with Crippen LogP contribution in [-0.4, -0.2) is 30.1 Å². The number of benzene rings is 1. The van der Waals surface area contributed by atoms with Crippen LogP contribution in [0.5, 0.6) is 0 Å². The van der Waals surface area contributed by atoms with Crippen LogP contribution in [0.1, 0.15) is 37.9 Å². The lowest BCUT2D eigenvalue weighted by Gasteiger charge is -2.25. The summed E-state index contributed by atoms with van der Waals surface area (Å²) in [5.41, 5.74) is 0.666. The van der Waals surface area contributed by atoms with E-state index >= 15 is 0 Å². The molecule has 1 aliphatic heterocycles. The van der Waals surface area contributed by atoms with Crippen LogP contribution in [0, 0.1) is 11.7 Å². The average molecular weight is 294 g/mol. The number of hydrogen-bond donors (Lipinski definition) is 3. The smallest absolute Gasteiger partial charge is 0.223 e. The predicted octanol–water partition coefficient (Wildman–Crippen LogP) is 1.75. The van der Waals surface area contributed by atoms with Crippen LogP contribution >= 0.6 is 0 Å². The van der Waals surface area contributed by atoms with Gasteiger partial charge in [-0.15, -0.1) is 0 Å². The first-order chi connectivity index (χ1) is 10.1. The number of halogens is 1. The summed E-state index contributed by atoms with van der Waals surface area (Å²) in [6.45, 7) is 3.64. The lowest BCUT2D eigenvalue weighted by Crippen LogP contribution is -2.42. The normalized spacial score (nSPS) is 19.0. The van der Waals surface area contributed by atoms with Gasteiger partial charge in [-0.25, -0.2) is 4.39 Å². The molecule has 21 heavy (non-hydrogen) atoms. The van der Waals surface area contributed by atoms with Crippen molar-refractivity contribution in [3.05, 3.63) is 35.6 Å². The molecule has 5 heteroatoms. The van der Waals surface area contributed by atoms with Crippen molar-refractivity contribution in [2.75, 3.05) is 13.1 Å². The van der Waals surface area contributed by atoms with Crippen LogP contribution in [0.25, 0.3) is 0 Å². The first-order valence-corrected chi connectivity index (χ1v) is 7.51. The van der Waals surface area contributed by atoms with E-state index in [1.54, 1.807) is 12.1 Å². The van der Waals surface area contributed by atoms with Gasteiger partial charge in [0.1, 0.15) is 5.82 Å². The SMILES string of the molecule is CC(CC(O)c1ccc(F)cc1)NC(=O)C1CCNCC1. The summed E-state index contributed by atoms with van der Waals surface area (Å²) >= 11 is 0. The Hall–Kier alpha value is -1.46. The van der Waals surface area contributed by atoms with Crippen molar-refractivity contribution in [3.8, 4) is 0 Å². The third-order valence-corrected chi connectivity index (χ3v) is 3.93. The number of amides is 1. The fourth-order valence-corrected chi connectivity index (χ4v) is 2.66. The van der Waals surface area contributed by atoms with Gasteiger partial charge in [0.15, 0.2) is 0 Å². The van der Waals surface area contributed by atoms with E-state index in [1.807, 2.05) is 6.92 Å². The maximum Gasteiger partial charge on any atom is 0.223 e. The van der Waals surface area contributed by atoms with Crippen molar-refractivity contribution in [2.24, 2.45) is 5.92 Å². The van der Waals surface area contributed by atoms with Crippen molar-refractivity contribution >= 4 is 5.91 Å². The Labute approximate surface area is 124 Å². The summed E-state index contributed by atoms with van der Waals surface area (Å²) in [6.07, 6.45) is 1.44. The van der Waals surface area contributed by atoms with Gasteiger partial charge in [0.2, 0.25) is 5.91 Å². The van der Waals surface area contributed by atoms with Gasteiger partial charge in [-0.3, -0.25) is 4.79 Å². The van der Waals surface area contributed by atoms with Gasteiger partial charge in [-0.1, -0.05) is 12.1 Å². The minimum Gasteiger partial charge on any atom is -0.388 e. The Morgan fingerprint density at radius 3 is 2.62 bits per heavy atom. The quantitative estimate of drug-likeness (QED) is 0.775. The molecule has 116 valence electrons. The molecule has 2 rings (SSSR count). The fourth-order valence-electron chi connectivity index (χ4n) is 2.66. The van der Waals surface area contributed by atoms with Gasteiger partial charge in [-0.05, 0) is 57.0 Å². The van der Waals surface area contributed by atoms with E-state index < -0.39 is 6.10 Å². The van der Waals surface area contributed by atoms with Crippen molar-refractivity contribution in [2.45, 2.75) is 38.3 Å². The highest BCUT2D eigenvalue weighted by molar-refractivity contribution is 5.79. The van der Waals surface area contributed by atoms with Crippen LogP contribution in [0.2, 0.25) is 0 Å². The van der Waals surface area contributed by atoms with Crippen LogP contribution < -0.4 is 10.6 Å². The average Bonchev–Trinajstić information content (AvgIpc) is 2.48. The Balaban J connectivity index is 1.81. The number of hydrogen-bond acceptors (Lipinski definition) is 3. The fraction of sp³-hybridized carbons (Fsp3) is 0.562. The third-order valence-electron chi connectivity index (χ3n) is 3.93. The maximum absolute atomic E-state index is 12.8. The second kappa shape index (κ2) is 7.52. The minimum absolute atomic E-state index is 0.0651. The number of aliphatic hydroxyl groups is 1. The zero-order valence-corrected chi connectivity index (χ0v) is 12.3. The summed E-state index contributed by atoms with van der Waals surface area (Å²) < 4.78 is 12.8. The van der Waals surface area contributed by atoms with Crippen LogP contribution in [-0.2, 0) is 4.79 Å². The molecule has 0 aromatic heterocycles. The molecule has 1 amide bonds. The minimum atomic E-state index is -0.700. The van der Waals surface area contributed by atoms with Crippen LogP contribution in [0.4, 0.5) is 4.39 Å². The number of nitrogens with one attached hydrogen (secondary N) is 2. The van der Waals surface area contributed by atoms with E-state index in [4.69, 9.17) is 0 Å². The van der Waals surface area contributed by atoms with Crippen LogP contribution in [0.3, 0.4) is 0 Å². The molecule has 0 saturated carbocycles. The number of carbonyl (C=O) groups is 1. The lowest BCUT2D eigenvalue weighted by atomic mass is 9.96. The lowest BCUT2D eigenvalue weighted by molar-refractivity contribution is -0.126. The van der Waals surface area contributed by atoms with E-state index in [0.29, 0.717) is 12.0 Å². The summed E-state index contributed by atoms with van der Waals surface area (Å²) in [6, 6.07) is 5.68. The first kappa shape index (κ1) is 15.9. The molecule has 1 fully saturated rings. The molecule has 1 aromatic carbocycles. The Morgan fingerprint density at radius 2 is 2.00 bits per heavy atom. The standard InChI is InChI=1S/C16H23FN2O2/c1-11(19-16(21)13-6-8-18-9-7-13)10-15(20)12-2-4-14(17)5-3-12/h2-5,11,13,15,18,20H,6-10H2,1H3,(H,19,21). The van der Waals surface area contributed by atoms with Crippen molar-refractivity contribution < 1.29 is 14.3 Å². The number of aliphatic hydroxyl groups excluding tert-OH is 1. The summed E-state index contributed by atoms with van der Waals surface area (Å²) in [4.78, 5) is 12.1. The monoisotopic (exact) mass is 294 g/mol. The van der Waals surface area contributed by atoms with E-state index in [0.717, 1.165) is 25.9 Å². The molecule has 0 bridgehead atoms. The number of carbonyl (C=O) groups excluding carboxylic acids is 1. The highest BCUT2D eigenvalue weighted by Crippen LogP contribution is 2.19. The summed E-state index contributed by atoms with van der Waals surface area (Å²) in [7, 11) is 0. The van der Waals surface area contributed by atoms with Gasteiger partial charge in [0.05, 0.1) is 6.10 Å². The second-order valence-electron chi connectivity index (χ2n) is 5.74. The molecule has 0 radical (unpaired) electrons. The highest BCUT2D eigenvalue weighted by Gasteiger charge is 2.23. The van der Waals surface area contributed by atoms with E-state index in [9.17, 15) is 14.3 Å². The maximum atomic E-state index is 12.8. The molecule has 1 heterocycles. The molecule has 0 spiro atoms. The highest BCUT2D eigenvalue weighted by atomic mass is 19.1. The molecule has 2 atom stereocenters. The van der Waals surface area contributed by atoms with E-state index in [1.165, 1.54) is 12.1 Å². The third kappa shape index (κ3) is 4.79. The predicted molar refractivity (Wildman–Crippen MR) is 79.2 cm³/mol. The second-order valence-corrected chi connectivity index (χ2v) is 5.74. The zero-order chi connectivity index (χ0) is 15.2. The Bertz CT molecular complexity index is 458. The van der Waals surface area contributed by atoms with Crippen LogP contribution in [0.15, 0.2) is 24.3 Å². The van der Waals surface area contributed by atoms with Gasteiger partial charge >= 0.3 is 0 Å². The van der Waals surface area contributed by atoms with Gasteiger partial charge in [0, 0.05) is 12.0 Å². The Kier molecular flexibility index (Phi) is 5.70. The summed E-state index contributed by atoms with van der Waals surface area (Å²) in [5, 5.41) is 16.3. The van der Waals surface area contributed by atoms with E-state index in [-0.39, 0.29) is 23.7 Å². The molecule has 4 nitrogen and oxygen atoms in total. The number of piperidine rings is 1. The van der Waals surface area contributed by atoms with Crippen molar-refractivity contribution in [1.82, 2.24) is 10.6 Å². The molecule has 0 aliphatic carbocycles. The molecule has 1 saturated heterocycles. The first-order valence-electron chi connectivity index (χ1n) is 7.51. The van der Waals surface area contributed by atoms with Crippen molar-refractivity contribution in [3.63, 3.8) is 0 Å². The Morgan fingerprint density at radius 1 is 1.38 bits per heavy atom. The molecule has 2 unspecified atom stereocenters. The molecule has 1 aromatic rings. The largest absolute Gasteiger partial charge is 0.388 e. The number of rotatable bonds is 5. The van der Waals surface area contributed by atoms with Crippen molar-refractivity contribution in [1.29, 1.82) is 0 Å². The molecule has 1 aliphatic rings. The van der Waals surface area contributed by atoms with E-state index in [2.05, 4.69) is 10.6 Å². The summed E-state index contributed by atoms with van der Waals surface area (Å²) in [5.74, 6) is -0.190. The van der Waals surface area contributed by atoms with Gasteiger partial charge in [-0.2, -0.15) is 0 Å². The zero-order valence-electron chi connectivity index (χ0n) is 12.3.